The van der Waals surface area contributed by atoms with E-state index in [1.54, 1.807) is 6.33 Å². The largest absolute Gasteiger partial charge is 0.378 e. The first-order chi connectivity index (χ1) is 9.29. The molecule has 0 saturated carbocycles. The minimum Gasteiger partial charge on any atom is -0.378 e. The highest BCUT2D eigenvalue weighted by Gasteiger charge is 2.20. The molecule has 0 unspecified atom stereocenters. The molecule has 3 heterocycles. The highest BCUT2D eigenvalue weighted by Crippen LogP contribution is 2.25. The number of nitrogens with zero attached hydrogens (tertiary/aromatic N) is 3. The van der Waals surface area contributed by atoms with Crippen LogP contribution in [0.1, 0.15) is 19.8 Å². The number of aromatic amines is 1. The fourth-order valence-electron chi connectivity index (χ4n) is 2.49. The first-order valence-corrected chi connectivity index (χ1v) is 6.99. The van der Waals surface area contributed by atoms with Crippen LogP contribution in [0.5, 0.6) is 0 Å². The van der Waals surface area contributed by atoms with Crippen molar-refractivity contribution in [1.29, 1.82) is 0 Å². The molecule has 2 aliphatic rings. The lowest BCUT2D eigenvalue weighted by Crippen LogP contribution is -2.40. The third-order valence-electron chi connectivity index (χ3n) is 3.60. The average molecular weight is 281 g/mol. The van der Waals surface area contributed by atoms with Crippen LogP contribution in [-0.4, -0.2) is 41.2 Å². The quantitative estimate of drug-likeness (QED) is 0.813. The summed E-state index contributed by atoms with van der Waals surface area (Å²) in [6.45, 7) is 5.45. The van der Waals surface area contributed by atoms with Gasteiger partial charge in [0, 0.05) is 25.2 Å². The summed E-state index contributed by atoms with van der Waals surface area (Å²) >= 11 is 6.28. The van der Waals surface area contributed by atoms with Gasteiger partial charge in [-0.1, -0.05) is 18.5 Å². The maximum atomic E-state index is 6.28. The van der Waals surface area contributed by atoms with E-state index < -0.39 is 0 Å². The van der Waals surface area contributed by atoms with Crippen LogP contribution in [0.2, 0.25) is 0 Å². The molecule has 3 rings (SSSR count). The fraction of sp³-hybridized carbons (Fsp3) is 0.538. The van der Waals surface area contributed by atoms with Crippen LogP contribution in [0, 0.1) is 0 Å². The second kappa shape index (κ2) is 5.35. The minimum atomic E-state index is 0.583. The molecule has 0 amide bonds. The van der Waals surface area contributed by atoms with Crippen molar-refractivity contribution in [2.75, 3.05) is 26.3 Å². The number of aromatic nitrogens is 2. The van der Waals surface area contributed by atoms with Gasteiger partial charge in [0.15, 0.2) is 5.49 Å². The van der Waals surface area contributed by atoms with Crippen molar-refractivity contribution >= 4 is 17.3 Å². The highest BCUT2D eigenvalue weighted by atomic mass is 35.5. The van der Waals surface area contributed by atoms with Gasteiger partial charge in [0.1, 0.15) is 10.5 Å². The first-order valence-electron chi connectivity index (χ1n) is 6.61. The van der Waals surface area contributed by atoms with E-state index >= 15 is 0 Å². The molecular formula is C13H17ClN4O. The van der Waals surface area contributed by atoms with Crippen molar-refractivity contribution in [2.45, 2.75) is 19.8 Å². The summed E-state index contributed by atoms with van der Waals surface area (Å²) in [5, 5.41) is 1.57. The molecule has 1 aromatic heterocycles. The summed E-state index contributed by atoms with van der Waals surface area (Å²) in [6.07, 6.45) is 3.41. The van der Waals surface area contributed by atoms with Gasteiger partial charge in [-0.25, -0.2) is 9.98 Å². The van der Waals surface area contributed by atoms with Crippen molar-refractivity contribution < 1.29 is 4.74 Å². The number of fused-ring (bicyclic) bond motifs is 1. The Balaban J connectivity index is 2.11. The van der Waals surface area contributed by atoms with Crippen LogP contribution in [-0.2, 0) is 4.74 Å². The van der Waals surface area contributed by atoms with Crippen LogP contribution in [0.15, 0.2) is 22.0 Å². The number of morpholine rings is 1. The van der Waals surface area contributed by atoms with E-state index in [1.807, 2.05) is 0 Å². The van der Waals surface area contributed by atoms with Gasteiger partial charge < -0.3 is 14.6 Å². The molecule has 1 N–H and O–H groups in total. The Bertz CT molecular complexity index is 613. The summed E-state index contributed by atoms with van der Waals surface area (Å²) in [4.78, 5) is 14.2. The van der Waals surface area contributed by atoms with E-state index in [0.717, 1.165) is 50.1 Å². The number of halogens is 1. The number of rotatable bonds is 2. The van der Waals surface area contributed by atoms with E-state index in [2.05, 4.69) is 26.8 Å². The van der Waals surface area contributed by atoms with Crippen molar-refractivity contribution in [3.63, 3.8) is 0 Å². The van der Waals surface area contributed by atoms with Gasteiger partial charge >= 0.3 is 0 Å². The molecule has 2 aliphatic heterocycles. The van der Waals surface area contributed by atoms with Crippen LogP contribution in [0.25, 0.3) is 5.70 Å². The van der Waals surface area contributed by atoms with E-state index in [-0.39, 0.29) is 0 Å². The molecular weight excluding hydrogens is 264 g/mol. The van der Waals surface area contributed by atoms with E-state index in [1.165, 1.54) is 5.70 Å². The second-order valence-electron chi connectivity index (χ2n) is 4.68. The van der Waals surface area contributed by atoms with Crippen molar-refractivity contribution in [3.8, 4) is 0 Å². The normalized spacial score (nSPS) is 20.1. The van der Waals surface area contributed by atoms with Gasteiger partial charge in [0.25, 0.3) is 0 Å². The summed E-state index contributed by atoms with van der Waals surface area (Å²) in [5.74, 6) is 0. The van der Waals surface area contributed by atoms with Gasteiger partial charge in [-0.15, -0.1) is 0 Å². The van der Waals surface area contributed by atoms with Gasteiger partial charge in [-0.2, -0.15) is 0 Å². The fourth-order valence-corrected chi connectivity index (χ4v) is 2.77. The summed E-state index contributed by atoms with van der Waals surface area (Å²) < 4.78 is 5.42. The van der Waals surface area contributed by atoms with Crippen molar-refractivity contribution in [2.24, 2.45) is 4.99 Å². The highest BCUT2D eigenvalue weighted by molar-refractivity contribution is 6.29. The SMILES string of the molecule is CCC1=C(Cl)N=c2nc[nH]c2=C(N2CCOCC2)C1. The molecule has 0 aromatic carbocycles. The van der Waals surface area contributed by atoms with E-state index in [0.29, 0.717) is 10.6 Å². The maximum Gasteiger partial charge on any atom is 0.180 e. The molecule has 0 spiro atoms. The van der Waals surface area contributed by atoms with Gasteiger partial charge in [0.05, 0.1) is 19.5 Å². The van der Waals surface area contributed by atoms with Crippen LogP contribution in [0.4, 0.5) is 0 Å². The standard InChI is InChI=1S/C13H17ClN4O/c1-2-9-7-10(18-3-5-19-6-4-18)11-13(16-8-15-11)17-12(9)14/h8H,2-7H2,1H3,(H,15,16,17). The van der Waals surface area contributed by atoms with Crippen molar-refractivity contribution in [1.82, 2.24) is 14.9 Å². The lowest BCUT2D eigenvalue weighted by atomic mass is 10.1. The average Bonchev–Trinajstić information content (AvgIpc) is 2.84. The Morgan fingerprint density at radius 1 is 1.42 bits per heavy atom. The molecule has 19 heavy (non-hydrogen) atoms. The topological polar surface area (TPSA) is 53.5 Å². The maximum absolute atomic E-state index is 6.28. The predicted octanol–water partition coefficient (Wildman–Crippen LogP) is 0.734. The predicted molar refractivity (Wildman–Crippen MR) is 73.0 cm³/mol. The third kappa shape index (κ3) is 2.40. The molecule has 0 radical (unpaired) electrons. The van der Waals surface area contributed by atoms with Crippen LogP contribution < -0.4 is 10.8 Å². The first kappa shape index (κ1) is 12.7. The zero-order valence-corrected chi connectivity index (χ0v) is 11.7. The second-order valence-corrected chi connectivity index (χ2v) is 5.04. The molecule has 0 atom stereocenters. The van der Waals surface area contributed by atoms with Gasteiger partial charge in [-0.3, -0.25) is 0 Å². The monoisotopic (exact) mass is 280 g/mol. The van der Waals surface area contributed by atoms with Gasteiger partial charge in [0.2, 0.25) is 0 Å². The Labute approximate surface area is 116 Å². The van der Waals surface area contributed by atoms with Crippen LogP contribution >= 0.6 is 11.6 Å². The molecule has 0 aliphatic carbocycles. The lowest BCUT2D eigenvalue weighted by Gasteiger charge is -2.31. The molecule has 1 saturated heterocycles. The van der Waals surface area contributed by atoms with Crippen LogP contribution in [0.3, 0.4) is 0 Å². The number of imidazole rings is 1. The van der Waals surface area contributed by atoms with E-state index in [4.69, 9.17) is 16.3 Å². The smallest absolute Gasteiger partial charge is 0.180 e. The Morgan fingerprint density at radius 3 is 2.95 bits per heavy atom. The van der Waals surface area contributed by atoms with E-state index in [9.17, 15) is 0 Å². The summed E-state index contributed by atoms with van der Waals surface area (Å²) in [6, 6.07) is 0. The molecule has 102 valence electrons. The number of nitrogens with one attached hydrogen (secondary N) is 1. The zero-order chi connectivity index (χ0) is 13.2. The zero-order valence-electron chi connectivity index (χ0n) is 10.9. The molecule has 1 aromatic rings. The number of H-pyrrole nitrogens is 1. The number of hydrogen-bond acceptors (Lipinski definition) is 4. The Morgan fingerprint density at radius 2 is 2.21 bits per heavy atom. The lowest BCUT2D eigenvalue weighted by molar-refractivity contribution is 0.0622. The van der Waals surface area contributed by atoms with Crippen molar-refractivity contribution in [3.05, 3.63) is 27.9 Å². The molecule has 6 heteroatoms. The Hall–Kier alpha value is -1.33. The Kier molecular flexibility index (Phi) is 3.57. The number of hydrogen-bond donors (Lipinski definition) is 1. The minimum absolute atomic E-state index is 0.583. The molecule has 1 fully saturated rings. The number of ether oxygens (including phenoxy) is 1. The molecule has 5 nitrogen and oxygen atoms in total. The summed E-state index contributed by atoms with van der Waals surface area (Å²) in [7, 11) is 0. The molecule has 0 bridgehead atoms. The third-order valence-corrected chi connectivity index (χ3v) is 3.96. The van der Waals surface area contributed by atoms with Gasteiger partial charge in [-0.05, 0) is 12.0 Å². The summed E-state index contributed by atoms with van der Waals surface area (Å²) in [5.41, 5.74) is 3.08.